The lowest BCUT2D eigenvalue weighted by Gasteiger charge is -2.27. The third-order valence-corrected chi connectivity index (χ3v) is 6.13. The summed E-state index contributed by atoms with van der Waals surface area (Å²) in [5, 5.41) is 0. The fourth-order valence-corrected chi connectivity index (χ4v) is 4.28. The Morgan fingerprint density at radius 3 is 2.76 bits per heavy atom. The monoisotopic (exact) mass is 463 g/mol. The van der Waals surface area contributed by atoms with Crippen molar-refractivity contribution in [1.82, 2.24) is 4.98 Å². The highest BCUT2D eigenvalue weighted by Crippen LogP contribution is 2.37. The van der Waals surface area contributed by atoms with E-state index in [0.717, 1.165) is 41.5 Å². The lowest BCUT2D eigenvalue weighted by atomic mass is 9.92. The average Bonchev–Trinajstić information content (AvgIpc) is 2.87. The maximum Gasteiger partial charge on any atom is 0.308 e. The van der Waals surface area contributed by atoms with Gasteiger partial charge in [-0.15, -0.1) is 0 Å². The van der Waals surface area contributed by atoms with Gasteiger partial charge >= 0.3 is 5.97 Å². The van der Waals surface area contributed by atoms with Gasteiger partial charge in [-0.05, 0) is 53.6 Å². The molecule has 0 bridgehead atoms. The van der Waals surface area contributed by atoms with E-state index in [4.69, 9.17) is 14.2 Å². The fraction of sp³-hybridized carbons (Fsp3) is 0.296. The first kappa shape index (κ1) is 23.4. The zero-order chi connectivity index (χ0) is 24.2. The second kappa shape index (κ2) is 10.0. The molecule has 0 saturated heterocycles. The number of nitrogens with zero attached hydrogens (tertiary/aromatic N) is 1. The molecule has 1 aliphatic rings. The smallest absolute Gasteiger partial charge is 0.308 e. The summed E-state index contributed by atoms with van der Waals surface area (Å²) in [6, 6.07) is 12.8. The van der Waals surface area contributed by atoms with Gasteiger partial charge in [-0.25, -0.2) is 9.37 Å². The van der Waals surface area contributed by atoms with Crippen LogP contribution in [0, 0.1) is 11.7 Å². The maximum atomic E-state index is 14.4. The average molecular weight is 464 g/mol. The van der Waals surface area contributed by atoms with Gasteiger partial charge in [-0.3, -0.25) is 9.59 Å². The molecule has 0 amide bonds. The Morgan fingerprint density at radius 2 is 2.03 bits per heavy atom. The van der Waals surface area contributed by atoms with E-state index in [9.17, 15) is 14.0 Å². The van der Waals surface area contributed by atoms with E-state index >= 15 is 0 Å². The second-order valence-corrected chi connectivity index (χ2v) is 8.39. The molecule has 2 atom stereocenters. The molecule has 4 rings (SSSR count). The predicted octanol–water partition coefficient (Wildman–Crippen LogP) is 5.13. The lowest BCUT2D eigenvalue weighted by Crippen LogP contribution is -2.17. The highest BCUT2D eigenvalue weighted by atomic mass is 19.1. The van der Waals surface area contributed by atoms with E-state index in [1.807, 2.05) is 31.2 Å². The van der Waals surface area contributed by atoms with Crippen LogP contribution in [-0.4, -0.2) is 31.5 Å². The molecule has 34 heavy (non-hydrogen) atoms. The number of rotatable bonds is 7. The normalized spacial score (nSPS) is 15.6. The largest absolute Gasteiger partial charge is 0.485 e. The molecule has 0 spiro atoms. The number of carbonyl (C=O) groups excluding carboxylic acids is 2. The Balaban J connectivity index is 1.59. The first-order chi connectivity index (χ1) is 16.4. The van der Waals surface area contributed by atoms with Crippen molar-refractivity contribution in [3.8, 4) is 22.8 Å². The highest BCUT2D eigenvalue weighted by molar-refractivity contribution is 5.88. The number of aldehydes is 1. The Labute approximate surface area is 197 Å². The summed E-state index contributed by atoms with van der Waals surface area (Å²) in [5.74, 6) is 0.00104. The Kier molecular flexibility index (Phi) is 6.91. The minimum atomic E-state index is -0.534. The number of esters is 1. The van der Waals surface area contributed by atoms with Crippen LogP contribution in [0.2, 0.25) is 0 Å². The number of methoxy groups -OCH3 is 2. The van der Waals surface area contributed by atoms with Gasteiger partial charge in [0.05, 0.1) is 26.3 Å². The molecule has 1 aliphatic heterocycles. The fourth-order valence-electron chi connectivity index (χ4n) is 4.28. The van der Waals surface area contributed by atoms with Gasteiger partial charge in [0.1, 0.15) is 17.7 Å². The maximum absolute atomic E-state index is 14.4. The number of pyridine rings is 1. The van der Waals surface area contributed by atoms with Crippen LogP contribution in [0.5, 0.6) is 11.6 Å². The zero-order valence-electron chi connectivity index (χ0n) is 19.3. The number of aryl methyl sites for hydroxylation is 1. The minimum absolute atomic E-state index is 0.245. The van der Waals surface area contributed by atoms with Crippen LogP contribution in [0.3, 0.4) is 0 Å². The number of benzene rings is 2. The van der Waals surface area contributed by atoms with Gasteiger partial charge in [0, 0.05) is 17.2 Å². The van der Waals surface area contributed by atoms with Gasteiger partial charge in [0.15, 0.2) is 6.29 Å². The third kappa shape index (κ3) is 4.78. The van der Waals surface area contributed by atoms with Gasteiger partial charge in [-0.1, -0.05) is 31.2 Å². The first-order valence-electron chi connectivity index (χ1n) is 11.1. The Bertz CT molecular complexity index is 1230. The molecule has 0 fully saturated rings. The summed E-state index contributed by atoms with van der Waals surface area (Å²) < 4.78 is 30.7. The lowest BCUT2D eigenvalue weighted by molar-refractivity contribution is -0.144. The molecular weight excluding hydrogens is 437 g/mol. The summed E-state index contributed by atoms with van der Waals surface area (Å²) in [7, 11) is 2.84. The van der Waals surface area contributed by atoms with Gasteiger partial charge in [0.2, 0.25) is 5.88 Å². The molecule has 2 aromatic carbocycles. The van der Waals surface area contributed by atoms with Crippen LogP contribution in [0.1, 0.15) is 46.5 Å². The number of hydrogen-bond acceptors (Lipinski definition) is 6. The number of halogens is 1. The topological polar surface area (TPSA) is 74.7 Å². The second-order valence-electron chi connectivity index (χ2n) is 8.39. The van der Waals surface area contributed by atoms with Crippen LogP contribution in [0.25, 0.3) is 11.1 Å². The molecule has 0 saturated carbocycles. The van der Waals surface area contributed by atoms with Crippen molar-refractivity contribution in [2.24, 2.45) is 5.92 Å². The molecule has 0 N–H and O–H groups in total. The standard InChI is InChI=1S/C27H26FNO5/c1-16(27(31)33-3)10-17-4-5-18-7-9-24(34-25(18)11-17)19-6-8-21(20(12-19)15-30)22-13-26(32-2)29-14-23(22)28/h4-6,8,11-16,24H,7,9-10H2,1-3H3. The van der Waals surface area contributed by atoms with E-state index < -0.39 is 5.82 Å². The van der Waals surface area contributed by atoms with Gasteiger partial charge in [-0.2, -0.15) is 0 Å². The molecule has 2 heterocycles. The van der Waals surface area contributed by atoms with Crippen LogP contribution < -0.4 is 9.47 Å². The summed E-state index contributed by atoms with van der Waals surface area (Å²) in [6.45, 7) is 1.83. The number of carbonyl (C=O) groups is 2. The van der Waals surface area contributed by atoms with Crippen LogP contribution in [0.15, 0.2) is 48.7 Å². The molecule has 2 unspecified atom stereocenters. The third-order valence-electron chi connectivity index (χ3n) is 6.13. The van der Waals surface area contributed by atoms with Crippen LogP contribution in [-0.2, 0) is 22.4 Å². The van der Waals surface area contributed by atoms with Crippen molar-refractivity contribution in [3.05, 3.63) is 76.7 Å². The zero-order valence-corrected chi connectivity index (χ0v) is 19.3. The van der Waals surface area contributed by atoms with E-state index in [1.54, 1.807) is 12.1 Å². The first-order valence-corrected chi connectivity index (χ1v) is 11.1. The summed E-state index contributed by atoms with van der Waals surface area (Å²) in [4.78, 5) is 27.5. The Morgan fingerprint density at radius 1 is 1.21 bits per heavy atom. The van der Waals surface area contributed by atoms with Crippen molar-refractivity contribution in [3.63, 3.8) is 0 Å². The number of hydrogen-bond donors (Lipinski definition) is 0. The van der Waals surface area contributed by atoms with Crippen molar-refractivity contribution in [1.29, 1.82) is 0 Å². The molecule has 3 aromatic rings. The SMILES string of the molecule is COC(=O)C(C)Cc1ccc2c(c1)OC(c1ccc(-c3cc(OC)ncc3F)c(C=O)c1)CC2. The molecule has 7 heteroatoms. The van der Waals surface area contributed by atoms with E-state index in [2.05, 4.69) is 4.98 Å². The number of fused-ring (bicyclic) bond motifs is 1. The quantitative estimate of drug-likeness (QED) is 0.357. The van der Waals surface area contributed by atoms with E-state index in [-0.39, 0.29) is 29.4 Å². The van der Waals surface area contributed by atoms with E-state index in [0.29, 0.717) is 23.8 Å². The summed E-state index contributed by atoms with van der Waals surface area (Å²) in [5.41, 5.74) is 4.00. The Hall–Kier alpha value is -3.74. The minimum Gasteiger partial charge on any atom is -0.485 e. The summed E-state index contributed by atoms with van der Waals surface area (Å²) >= 11 is 0. The molecule has 1 aromatic heterocycles. The van der Waals surface area contributed by atoms with E-state index in [1.165, 1.54) is 20.3 Å². The molecule has 6 nitrogen and oxygen atoms in total. The van der Waals surface area contributed by atoms with Crippen LogP contribution in [0.4, 0.5) is 4.39 Å². The highest BCUT2D eigenvalue weighted by Gasteiger charge is 2.24. The van der Waals surface area contributed by atoms with Crippen molar-refractivity contribution in [2.75, 3.05) is 14.2 Å². The molecule has 0 radical (unpaired) electrons. The molecular formula is C27H26FNO5. The number of aromatic nitrogens is 1. The number of ether oxygens (including phenoxy) is 3. The molecule has 176 valence electrons. The van der Waals surface area contributed by atoms with Crippen molar-refractivity contribution in [2.45, 2.75) is 32.3 Å². The summed E-state index contributed by atoms with van der Waals surface area (Å²) in [6.07, 6.45) is 3.68. The van der Waals surface area contributed by atoms with Crippen molar-refractivity contribution >= 4 is 12.3 Å². The van der Waals surface area contributed by atoms with Crippen molar-refractivity contribution < 1.29 is 28.2 Å². The molecule has 0 aliphatic carbocycles. The van der Waals surface area contributed by atoms with Crippen LogP contribution >= 0.6 is 0 Å². The van der Waals surface area contributed by atoms with Gasteiger partial charge in [0.25, 0.3) is 0 Å². The predicted molar refractivity (Wildman–Crippen MR) is 125 cm³/mol. The van der Waals surface area contributed by atoms with Gasteiger partial charge < -0.3 is 14.2 Å².